The molecule has 0 radical (unpaired) electrons. The lowest BCUT2D eigenvalue weighted by Gasteiger charge is -2.51. The van der Waals surface area contributed by atoms with Crippen molar-refractivity contribution in [2.75, 3.05) is 26.2 Å². The number of carbonyl (C=O) groups is 2. The van der Waals surface area contributed by atoms with Gasteiger partial charge >= 0.3 is 6.09 Å². The van der Waals surface area contributed by atoms with E-state index in [-0.39, 0.29) is 17.2 Å². The number of amides is 2. The van der Waals surface area contributed by atoms with Crippen LogP contribution in [0.5, 0.6) is 0 Å². The third kappa shape index (κ3) is 3.25. The van der Waals surface area contributed by atoms with Crippen molar-refractivity contribution in [3.63, 3.8) is 0 Å². The van der Waals surface area contributed by atoms with E-state index in [0.717, 1.165) is 51.6 Å². The lowest BCUT2D eigenvalue weighted by Crippen LogP contribution is -2.56. The van der Waals surface area contributed by atoms with Gasteiger partial charge in [-0.15, -0.1) is 0 Å². The highest BCUT2D eigenvalue weighted by molar-refractivity contribution is 5.79. The fourth-order valence-corrected chi connectivity index (χ4v) is 5.15. The Balaban J connectivity index is 1.24. The molecule has 2 N–H and O–H groups in total. The molecule has 4 rings (SSSR count). The van der Waals surface area contributed by atoms with Crippen molar-refractivity contribution < 1.29 is 18.8 Å². The molecule has 0 aromatic carbocycles. The zero-order chi connectivity index (χ0) is 20.2. The highest BCUT2D eigenvalue weighted by atomic mass is 16.4. The van der Waals surface area contributed by atoms with Crippen LogP contribution in [0.1, 0.15) is 62.3 Å². The average molecular weight is 352 g/mol. The Labute approximate surface area is 154 Å². The third-order valence-electron chi connectivity index (χ3n) is 7.03. The van der Waals surface area contributed by atoms with E-state index in [4.69, 9.17) is 9.22 Å². The average Bonchev–Trinajstić information content (AvgIpc) is 3.01. The first-order valence-corrected chi connectivity index (χ1v) is 9.67. The van der Waals surface area contributed by atoms with Crippen molar-refractivity contribution in [2.45, 2.75) is 69.8 Å². The van der Waals surface area contributed by atoms with Crippen molar-refractivity contribution in [1.29, 1.82) is 0 Å². The van der Waals surface area contributed by atoms with E-state index < -0.39 is 18.5 Å². The van der Waals surface area contributed by atoms with Crippen LogP contribution in [0.3, 0.4) is 0 Å². The third-order valence-corrected chi connectivity index (χ3v) is 7.03. The van der Waals surface area contributed by atoms with Gasteiger partial charge in [-0.25, -0.2) is 4.79 Å². The molecule has 2 saturated carbocycles. The van der Waals surface area contributed by atoms with Crippen LogP contribution in [-0.2, 0) is 4.79 Å². The molecular formula is C19H31N3O3. The smallest absolute Gasteiger partial charge is 0.407 e. The first-order chi connectivity index (χ1) is 13.1. The van der Waals surface area contributed by atoms with Gasteiger partial charge in [-0.05, 0) is 76.7 Å². The van der Waals surface area contributed by atoms with Crippen LogP contribution < -0.4 is 5.32 Å². The maximum atomic E-state index is 12.7. The standard InChI is InChI=1S/C19H31N3O3/c1-18(5-2-6-18)20-16(23)14-3-8-21(9-4-14)15-11-19(12-15)7-10-22(13-19)17(24)25/h14-15H,2-13H2,1H3,(H,20,23)(H,24,25)/t15-,19-/i1D3. The summed E-state index contributed by atoms with van der Waals surface area (Å²) in [6.45, 7) is 0.905. The number of hydrogen-bond acceptors (Lipinski definition) is 3. The van der Waals surface area contributed by atoms with E-state index in [2.05, 4.69) is 10.2 Å². The number of rotatable bonds is 3. The maximum Gasteiger partial charge on any atom is 0.407 e. The SMILES string of the molecule is [2H]C([2H])([2H])C1(NC(=O)C2CCN([C@H]3C[C@@]4(CCN(C(=O)O)C4)C3)CC2)CCC1. The first-order valence-electron chi connectivity index (χ1n) is 11.2. The van der Waals surface area contributed by atoms with Crippen LogP contribution in [0.4, 0.5) is 4.79 Å². The largest absolute Gasteiger partial charge is 0.465 e. The van der Waals surface area contributed by atoms with Gasteiger partial charge in [0.2, 0.25) is 5.91 Å². The summed E-state index contributed by atoms with van der Waals surface area (Å²) in [4.78, 5) is 27.8. The molecule has 140 valence electrons. The number of carbonyl (C=O) groups excluding carboxylic acids is 1. The summed E-state index contributed by atoms with van der Waals surface area (Å²) in [5, 5.41) is 12.0. The molecule has 6 nitrogen and oxygen atoms in total. The number of nitrogens with one attached hydrogen (secondary N) is 1. The number of carboxylic acid groups (broad SMARTS) is 1. The Morgan fingerprint density at radius 3 is 2.40 bits per heavy atom. The lowest BCUT2D eigenvalue weighted by atomic mass is 9.64. The van der Waals surface area contributed by atoms with Crippen LogP contribution in [0.2, 0.25) is 0 Å². The highest BCUT2D eigenvalue weighted by Crippen LogP contribution is 2.50. The molecule has 0 atom stereocenters. The van der Waals surface area contributed by atoms with Crippen molar-refractivity contribution >= 4 is 12.0 Å². The van der Waals surface area contributed by atoms with E-state index >= 15 is 0 Å². The Kier molecular flexibility index (Phi) is 3.40. The minimum absolute atomic E-state index is 0.0894. The van der Waals surface area contributed by atoms with Crippen molar-refractivity contribution in [2.24, 2.45) is 11.3 Å². The van der Waals surface area contributed by atoms with Gasteiger partial charge in [0.1, 0.15) is 0 Å². The summed E-state index contributed by atoms with van der Waals surface area (Å²) >= 11 is 0. The van der Waals surface area contributed by atoms with Crippen molar-refractivity contribution in [3.8, 4) is 0 Å². The minimum atomic E-state index is -2.13. The van der Waals surface area contributed by atoms with Crippen molar-refractivity contribution in [3.05, 3.63) is 0 Å². The summed E-state index contributed by atoms with van der Waals surface area (Å²) < 4.78 is 23.3. The topological polar surface area (TPSA) is 72.9 Å². The van der Waals surface area contributed by atoms with Crippen LogP contribution in [0.15, 0.2) is 0 Å². The Morgan fingerprint density at radius 2 is 1.88 bits per heavy atom. The molecule has 2 amide bonds. The van der Waals surface area contributed by atoms with E-state index in [1.165, 1.54) is 4.90 Å². The van der Waals surface area contributed by atoms with Crippen LogP contribution in [-0.4, -0.2) is 64.7 Å². The normalized spacial score (nSPS) is 37.5. The molecule has 0 bridgehead atoms. The van der Waals surface area contributed by atoms with Crippen LogP contribution in [0.25, 0.3) is 0 Å². The molecule has 2 aliphatic carbocycles. The summed E-state index contributed by atoms with van der Waals surface area (Å²) in [7, 11) is 0. The second-order valence-electron chi connectivity index (χ2n) is 8.75. The van der Waals surface area contributed by atoms with Gasteiger partial charge in [0.15, 0.2) is 0 Å². The highest BCUT2D eigenvalue weighted by Gasteiger charge is 2.51. The van der Waals surface area contributed by atoms with Crippen molar-refractivity contribution in [1.82, 2.24) is 15.1 Å². The fourth-order valence-electron chi connectivity index (χ4n) is 5.15. The van der Waals surface area contributed by atoms with Gasteiger partial charge < -0.3 is 20.2 Å². The second kappa shape index (κ2) is 6.15. The quantitative estimate of drug-likeness (QED) is 0.817. The van der Waals surface area contributed by atoms with E-state index in [1.54, 1.807) is 0 Å². The molecule has 6 heteroatoms. The Hall–Kier alpha value is -1.30. The predicted octanol–water partition coefficient (Wildman–Crippen LogP) is 2.29. The van der Waals surface area contributed by atoms with Gasteiger partial charge in [0.25, 0.3) is 0 Å². The summed E-state index contributed by atoms with van der Waals surface area (Å²) in [5.41, 5.74) is -0.826. The number of piperidine rings is 1. The molecule has 0 aromatic heterocycles. The molecule has 0 aromatic rings. The fraction of sp³-hybridized carbons (Fsp3) is 0.895. The molecule has 2 saturated heterocycles. The Morgan fingerprint density at radius 1 is 1.16 bits per heavy atom. The molecule has 1 spiro atoms. The van der Waals surface area contributed by atoms with E-state index in [1.807, 2.05) is 0 Å². The van der Waals surface area contributed by atoms with E-state index in [9.17, 15) is 9.59 Å². The van der Waals surface area contributed by atoms with Crippen LogP contribution >= 0.6 is 0 Å². The molecule has 4 fully saturated rings. The Bertz CT molecular complexity index is 636. The van der Waals surface area contributed by atoms with Gasteiger partial charge in [0.05, 0.1) is 0 Å². The van der Waals surface area contributed by atoms with Crippen LogP contribution in [0, 0.1) is 11.3 Å². The molecule has 2 heterocycles. The zero-order valence-corrected chi connectivity index (χ0v) is 14.8. The molecular weight excluding hydrogens is 318 g/mol. The number of likely N-dealkylation sites (tertiary alicyclic amines) is 2. The zero-order valence-electron chi connectivity index (χ0n) is 17.8. The van der Waals surface area contributed by atoms with E-state index in [0.29, 0.717) is 32.0 Å². The molecule has 0 unspecified atom stereocenters. The number of nitrogens with zero attached hydrogens (tertiary/aromatic N) is 2. The van der Waals surface area contributed by atoms with Gasteiger partial charge in [-0.3, -0.25) is 4.79 Å². The molecule has 2 aliphatic heterocycles. The second-order valence-corrected chi connectivity index (χ2v) is 8.75. The summed E-state index contributed by atoms with van der Waals surface area (Å²) in [6, 6.07) is 0.498. The summed E-state index contributed by atoms with van der Waals surface area (Å²) in [6.07, 6.45) is 5.75. The lowest BCUT2D eigenvalue weighted by molar-refractivity contribution is -0.130. The summed E-state index contributed by atoms with van der Waals surface area (Å²) in [5.74, 6) is -0.187. The maximum absolute atomic E-state index is 12.7. The molecule has 4 aliphatic rings. The monoisotopic (exact) mass is 352 g/mol. The predicted molar refractivity (Wildman–Crippen MR) is 94.4 cm³/mol. The molecule has 25 heavy (non-hydrogen) atoms. The van der Waals surface area contributed by atoms with Gasteiger partial charge in [0, 0.05) is 34.7 Å². The van der Waals surface area contributed by atoms with Gasteiger partial charge in [-0.2, -0.15) is 0 Å². The minimum Gasteiger partial charge on any atom is -0.465 e. The first kappa shape index (κ1) is 13.8. The number of hydrogen-bond donors (Lipinski definition) is 2. The van der Waals surface area contributed by atoms with Gasteiger partial charge in [-0.1, -0.05) is 0 Å².